The molecule has 1 unspecified atom stereocenters. The van der Waals surface area contributed by atoms with E-state index < -0.39 is 0 Å². The smallest absolute Gasteiger partial charge is 0.0406 e. The Kier molecular flexibility index (Phi) is 5.89. The van der Waals surface area contributed by atoms with Crippen LogP contribution in [0, 0.1) is 0 Å². The molecule has 0 saturated heterocycles. The molecule has 3 heteroatoms. The summed E-state index contributed by atoms with van der Waals surface area (Å²) in [6.45, 7) is 10.2. The van der Waals surface area contributed by atoms with Gasteiger partial charge < -0.3 is 10.7 Å². The van der Waals surface area contributed by atoms with Crippen LogP contribution >= 0.6 is 11.6 Å². The minimum atomic E-state index is 0.0343. The predicted molar refractivity (Wildman–Crippen MR) is 99.5 cm³/mol. The Morgan fingerprint density at radius 3 is 2.52 bits per heavy atom. The summed E-state index contributed by atoms with van der Waals surface area (Å²) >= 11 is 5.98. The van der Waals surface area contributed by atoms with Crippen molar-refractivity contribution in [1.82, 2.24) is 4.98 Å². The van der Waals surface area contributed by atoms with Crippen molar-refractivity contribution in [2.75, 3.05) is 0 Å². The number of benzene rings is 1. The summed E-state index contributed by atoms with van der Waals surface area (Å²) in [7, 11) is 0. The van der Waals surface area contributed by atoms with Crippen molar-refractivity contribution in [3.8, 4) is 0 Å². The quantitative estimate of drug-likeness (QED) is 0.522. The van der Waals surface area contributed by atoms with Gasteiger partial charge in [-0.25, -0.2) is 0 Å². The number of nitrogens with one attached hydrogen (secondary N) is 1. The lowest BCUT2D eigenvalue weighted by Gasteiger charge is -2.20. The van der Waals surface area contributed by atoms with Crippen molar-refractivity contribution >= 4 is 11.6 Å². The minimum Gasteiger partial charge on any atom is -0.402 e. The van der Waals surface area contributed by atoms with Gasteiger partial charge in [0, 0.05) is 29.0 Å². The van der Waals surface area contributed by atoms with E-state index in [0.29, 0.717) is 0 Å². The lowest BCUT2D eigenvalue weighted by atomic mass is 9.85. The van der Waals surface area contributed by atoms with Crippen LogP contribution < -0.4 is 5.73 Å². The molecular formula is C20H23ClN2. The number of H-pyrrole nitrogens is 1. The Bertz CT molecular complexity index is 690. The second kappa shape index (κ2) is 7.89. The van der Waals surface area contributed by atoms with Gasteiger partial charge in [0.15, 0.2) is 0 Å². The van der Waals surface area contributed by atoms with Gasteiger partial charge in [0.05, 0.1) is 0 Å². The van der Waals surface area contributed by atoms with E-state index in [2.05, 4.69) is 24.2 Å². The molecule has 1 heterocycles. The topological polar surface area (TPSA) is 41.8 Å². The highest BCUT2D eigenvalue weighted by atomic mass is 35.5. The first-order valence-electron chi connectivity index (χ1n) is 7.67. The summed E-state index contributed by atoms with van der Waals surface area (Å²) < 4.78 is 0. The van der Waals surface area contributed by atoms with E-state index >= 15 is 0 Å². The average Bonchev–Trinajstić information content (AvgIpc) is 3.03. The van der Waals surface area contributed by atoms with Crippen LogP contribution in [0.15, 0.2) is 78.8 Å². The molecule has 0 bridgehead atoms. The van der Waals surface area contributed by atoms with Crippen LogP contribution in [0.4, 0.5) is 0 Å². The first-order valence-corrected chi connectivity index (χ1v) is 8.04. The molecule has 2 nitrogen and oxygen atoms in total. The van der Waals surface area contributed by atoms with E-state index in [1.54, 1.807) is 0 Å². The van der Waals surface area contributed by atoms with E-state index in [0.717, 1.165) is 40.3 Å². The third-order valence-electron chi connectivity index (χ3n) is 4.03. The molecule has 0 saturated carbocycles. The maximum Gasteiger partial charge on any atom is 0.0406 e. The molecule has 0 aliphatic rings. The summed E-state index contributed by atoms with van der Waals surface area (Å²) in [6.07, 6.45) is 7.64. The molecular weight excluding hydrogens is 304 g/mol. The SMILES string of the molecule is C=CC(C(=C)/C(CCc1cc[nH]c1)=C(\C)N)c1ccc(Cl)cc1. The molecule has 0 amide bonds. The molecule has 1 aromatic heterocycles. The number of aryl methyl sites for hydroxylation is 1. The molecule has 0 spiro atoms. The van der Waals surface area contributed by atoms with Crippen molar-refractivity contribution in [1.29, 1.82) is 0 Å². The molecule has 0 fully saturated rings. The Balaban J connectivity index is 2.20. The lowest BCUT2D eigenvalue weighted by Crippen LogP contribution is -2.08. The third kappa shape index (κ3) is 4.40. The monoisotopic (exact) mass is 326 g/mol. The molecule has 2 rings (SSSR count). The highest BCUT2D eigenvalue weighted by Gasteiger charge is 2.16. The number of rotatable bonds is 7. The Morgan fingerprint density at radius 1 is 1.30 bits per heavy atom. The van der Waals surface area contributed by atoms with E-state index in [1.807, 2.05) is 49.7 Å². The zero-order valence-corrected chi connectivity index (χ0v) is 14.2. The molecule has 0 aliphatic carbocycles. The van der Waals surface area contributed by atoms with Crippen LogP contribution in [0.1, 0.15) is 30.4 Å². The number of aromatic amines is 1. The molecule has 0 aliphatic heterocycles. The highest BCUT2D eigenvalue weighted by Crippen LogP contribution is 2.33. The molecule has 0 radical (unpaired) electrons. The number of allylic oxidation sites excluding steroid dienone is 4. The van der Waals surface area contributed by atoms with Gasteiger partial charge in [0.1, 0.15) is 0 Å². The van der Waals surface area contributed by atoms with E-state index in [9.17, 15) is 0 Å². The molecule has 120 valence electrons. The lowest BCUT2D eigenvalue weighted by molar-refractivity contribution is 0.884. The number of hydrogen-bond donors (Lipinski definition) is 2. The molecule has 1 aromatic carbocycles. The fourth-order valence-corrected chi connectivity index (χ4v) is 2.86. The van der Waals surface area contributed by atoms with E-state index in [4.69, 9.17) is 17.3 Å². The Morgan fingerprint density at radius 2 is 2.00 bits per heavy atom. The minimum absolute atomic E-state index is 0.0343. The number of halogens is 1. The van der Waals surface area contributed by atoms with Crippen LogP contribution in [0.5, 0.6) is 0 Å². The Hall–Kier alpha value is -2.19. The van der Waals surface area contributed by atoms with E-state index in [1.165, 1.54) is 5.56 Å². The molecule has 3 N–H and O–H groups in total. The van der Waals surface area contributed by atoms with Crippen molar-refractivity contribution in [2.24, 2.45) is 5.73 Å². The van der Waals surface area contributed by atoms with Crippen LogP contribution in [0.2, 0.25) is 5.02 Å². The summed E-state index contributed by atoms with van der Waals surface area (Å²) in [5.41, 5.74) is 11.4. The second-order valence-electron chi connectivity index (χ2n) is 5.67. The van der Waals surface area contributed by atoms with Gasteiger partial charge in [-0.3, -0.25) is 0 Å². The van der Waals surface area contributed by atoms with Gasteiger partial charge in [0.25, 0.3) is 0 Å². The first kappa shape index (κ1) is 17.2. The van der Waals surface area contributed by atoms with Crippen molar-refractivity contribution in [3.63, 3.8) is 0 Å². The maximum atomic E-state index is 6.13. The van der Waals surface area contributed by atoms with Crippen molar-refractivity contribution in [3.05, 3.63) is 95.0 Å². The average molecular weight is 327 g/mol. The number of hydrogen-bond acceptors (Lipinski definition) is 1. The fourth-order valence-electron chi connectivity index (χ4n) is 2.73. The molecule has 1 atom stereocenters. The third-order valence-corrected chi connectivity index (χ3v) is 4.28. The van der Waals surface area contributed by atoms with Crippen LogP contribution in [-0.4, -0.2) is 4.98 Å². The largest absolute Gasteiger partial charge is 0.402 e. The van der Waals surface area contributed by atoms with Gasteiger partial charge in [-0.2, -0.15) is 0 Å². The van der Waals surface area contributed by atoms with Crippen LogP contribution in [0.25, 0.3) is 0 Å². The zero-order valence-electron chi connectivity index (χ0n) is 13.5. The van der Waals surface area contributed by atoms with Crippen molar-refractivity contribution in [2.45, 2.75) is 25.7 Å². The first-order chi connectivity index (χ1) is 11.0. The normalized spacial score (nSPS) is 13.3. The number of nitrogens with two attached hydrogens (primary N) is 1. The van der Waals surface area contributed by atoms with Gasteiger partial charge in [-0.1, -0.05) is 36.4 Å². The standard InChI is InChI=1S/C20H23ClN2/c1-4-19(17-6-8-18(21)9-7-17)14(2)20(15(3)22)10-5-16-11-12-23-13-16/h4,6-9,11-13,19,23H,1-2,5,10,22H2,3H3/b20-15+. The fraction of sp³-hybridized carbons (Fsp3) is 0.200. The maximum absolute atomic E-state index is 6.13. The summed E-state index contributed by atoms with van der Waals surface area (Å²) in [5, 5.41) is 0.723. The summed E-state index contributed by atoms with van der Waals surface area (Å²) in [4.78, 5) is 3.08. The van der Waals surface area contributed by atoms with Gasteiger partial charge in [-0.05, 0) is 60.2 Å². The van der Waals surface area contributed by atoms with Gasteiger partial charge in [-0.15, -0.1) is 6.58 Å². The Labute approximate surface area is 143 Å². The zero-order chi connectivity index (χ0) is 16.8. The van der Waals surface area contributed by atoms with Crippen molar-refractivity contribution < 1.29 is 0 Å². The number of aromatic nitrogens is 1. The molecule has 2 aromatic rings. The highest BCUT2D eigenvalue weighted by molar-refractivity contribution is 6.30. The summed E-state index contributed by atoms with van der Waals surface area (Å²) in [5.74, 6) is 0.0343. The van der Waals surface area contributed by atoms with Gasteiger partial charge in [0.2, 0.25) is 0 Å². The van der Waals surface area contributed by atoms with E-state index in [-0.39, 0.29) is 5.92 Å². The van der Waals surface area contributed by atoms with Crippen LogP contribution in [-0.2, 0) is 6.42 Å². The predicted octanol–water partition coefficient (Wildman–Crippen LogP) is 5.36. The second-order valence-corrected chi connectivity index (χ2v) is 6.11. The van der Waals surface area contributed by atoms with Crippen LogP contribution in [0.3, 0.4) is 0 Å². The summed E-state index contributed by atoms with van der Waals surface area (Å²) in [6, 6.07) is 9.87. The molecule has 23 heavy (non-hydrogen) atoms. The van der Waals surface area contributed by atoms with Gasteiger partial charge >= 0.3 is 0 Å².